The number of nitrogens with zero attached hydrogens (tertiary/aromatic N) is 1. The van der Waals surface area contributed by atoms with Crippen LogP contribution in [0.2, 0.25) is 5.02 Å². The number of sulfonamides is 1. The fraction of sp³-hybridized carbons (Fsp3) is 0.0769. The third-order valence-corrected chi connectivity index (χ3v) is 4.47. The van der Waals surface area contributed by atoms with Crippen molar-refractivity contribution in [1.82, 2.24) is 0 Å². The zero-order valence-electron chi connectivity index (χ0n) is 11.2. The van der Waals surface area contributed by atoms with Crippen LogP contribution in [0.4, 0.5) is 15.8 Å². The average Bonchev–Trinajstić information content (AvgIpc) is 2.43. The lowest BCUT2D eigenvalue weighted by atomic mass is 10.2. The molecule has 2 rings (SSSR count). The molecule has 6 nitrogen and oxygen atoms in total. The lowest BCUT2D eigenvalue weighted by molar-refractivity contribution is -0.385. The molecule has 9 heteroatoms. The van der Waals surface area contributed by atoms with E-state index in [1.54, 1.807) is 19.1 Å². The highest BCUT2D eigenvalue weighted by atomic mass is 35.5. The molecule has 0 heterocycles. The van der Waals surface area contributed by atoms with Crippen LogP contribution in [0, 0.1) is 22.9 Å². The monoisotopic (exact) mass is 344 g/mol. The first-order chi connectivity index (χ1) is 10.2. The van der Waals surface area contributed by atoms with Gasteiger partial charge >= 0.3 is 0 Å². The molecule has 0 bridgehead atoms. The largest absolute Gasteiger partial charge is 0.275 e. The average molecular weight is 345 g/mol. The van der Waals surface area contributed by atoms with E-state index in [1.165, 1.54) is 12.1 Å². The summed E-state index contributed by atoms with van der Waals surface area (Å²) >= 11 is 5.73. The van der Waals surface area contributed by atoms with Gasteiger partial charge in [-0.15, -0.1) is 0 Å². The first-order valence-electron chi connectivity index (χ1n) is 5.93. The van der Waals surface area contributed by atoms with Gasteiger partial charge in [-0.05, 0) is 19.1 Å². The van der Waals surface area contributed by atoms with Gasteiger partial charge in [0.2, 0.25) is 0 Å². The van der Waals surface area contributed by atoms with E-state index in [9.17, 15) is 22.9 Å². The van der Waals surface area contributed by atoms with Gasteiger partial charge in [-0.25, -0.2) is 12.8 Å². The van der Waals surface area contributed by atoms with Crippen LogP contribution in [0.1, 0.15) is 5.56 Å². The molecule has 0 saturated heterocycles. The highest BCUT2D eigenvalue weighted by Crippen LogP contribution is 2.31. The third kappa shape index (κ3) is 3.34. The topological polar surface area (TPSA) is 89.3 Å². The van der Waals surface area contributed by atoms with Gasteiger partial charge in [-0.1, -0.05) is 29.3 Å². The molecular weight excluding hydrogens is 335 g/mol. The molecule has 0 radical (unpaired) electrons. The Morgan fingerprint density at radius 2 is 1.82 bits per heavy atom. The summed E-state index contributed by atoms with van der Waals surface area (Å²) < 4.78 is 40.2. The number of anilines is 1. The van der Waals surface area contributed by atoms with Crippen LogP contribution < -0.4 is 4.72 Å². The Hall–Kier alpha value is -2.19. The van der Waals surface area contributed by atoms with Crippen molar-refractivity contribution in [2.24, 2.45) is 0 Å². The number of halogens is 2. The molecule has 0 aliphatic rings. The molecule has 0 aromatic heterocycles. The number of rotatable bonds is 4. The normalized spacial score (nSPS) is 11.2. The second kappa shape index (κ2) is 5.90. The Labute approximate surface area is 130 Å². The van der Waals surface area contributed by atoms with Crippen molar-refractivity contribution in [2.75, 3.05) is 4.72 Å². The molecular formula is C13H10ClFN2O4S. The zero-order chi connectivity index (χ0) is 16.5. The smallest absolute Gasteiger partial charge is 0.274 e. The molecule has 0 unspecified atom stereocenters. The molecule has 0 fully saturated rings. The van der Waals surface area contributed by atoms with Gasteiger partial charge in [0.25, 0.3) is 15.7 Å². The minimum atomic E-state index is -4.05. The highest BCUT2D eigenvalue weighted by molar-refractivity contribution is 7.92. The summed E-state index contributed by atoms with van der Waals surface area (Å²) in [5, 5.41) is 10.2. The first-order valence-corrected chi connectivity index (χ1v) is 7.80. The number of nitrogens with one attached hydrogen (secondary N) is 1. The van der Waals surface area contributed by atoms with Gasteiger partial charge in [0, 0.05) is 6.07 Å². The van der Waals surface area contributed by atoms with Gasteiger partial charge in [-0.3, -0.25) is 14.8 Å². The summed E-state index contributed by atoms with van der Waals surface area (Å²) in [5.74, 6) is -1.13. The van der Waals surface area contributed by atoms with Crippen LogP contribution >= 0.6 is 11.6 Å². The van der Waals surface area contributed by atoms with E-state index in [0.717, 1.165) is 11.6 Å². The lowest BCUT2D eigenvalue weighted by Gasteiger charge is -2.10. The van der Waals surface area contributed by atoms with Crippen LogP contribution in [-0.4, -0.2) is 13.3 Å². The lowest BCUT2D eigenvalue weighted by Crippen LogP contribution is -2.14. The summed E-state index contributed by atoms with van der Waals surface area (Å²) in [6.45, 7) is 1.79. The predicted octanol–water partition coefficient (Wildman–Crippen LogP) is 3.50. The minimum absolute atomic E-state index is 0.0769. The quantitative estimate of drug-likeness (QED) is 0.679. The van der Waals surface area contributed by atoms with Crippen molar-refractivity contribution >= 4 is 33.0 Å². The summed E-state index contributed by atoms with van der Waals surface area (Å²) in [5.41, 5.74) is -0.243. The SMILES string of the molecule is Cc1ccc(S(=O)(=O)Nc2c(F)cc([N+](=O)[O-])cc2Cl)cc1. The Kier molecular flexibility index (Phi) is 4.34. The maximum atomic E-state index is 13.9. The Bertz CT molecular complexity index is 815. The molecule has 0 saturated carbocycles. The van der Waals surface area contributed by atoms with Gasteiger partial charge in [-0.2, -0.15) is 0 Å². The first kappa shape index (κ1) is 16.2. The van der Waals surface area contributed by atoms with E-state index in [-0.39, 0.29) is 4.90 Å². The molecule has 2 aromatic carbocycles. The maximum absolute atomic E-state index is 13.9. The van der Waals surface area contributed by atoms with E-state index < -0.39 is 37.2 Å². The number of hydrogen-bond acceptors (Lipinski definition) is 4. The molecule has 1 N–H and O–H groups in total. The summed E-state index contributed by atoms with van der Waals surface area (Å²) in [6.07, 6.45) is 0. The van der Waals surface area contributed by atoms with Gasteiger partial charge in [0.15, 0.2) is 5.82 Å². The van der Waals surface area contributed by atoms with Crippen LogP contribution in [0.3, 0.4) is 0 Å². The van der Waals surface area contributed by atoms with Crippen molar-refractivity contribution in [2.45, 2.75) is 11.8 Å². The van der Waals surface area contributed by atoms with E-state index in [1.807, 2.05) is 4.72 Å². The van der Waals surface area contributed by atoms with Crippen LogP contribution in [0.15, 0.2) is 41.3 Å². The van der Waals surface area contributed by atoms with E-state index in [0.29, 0.717) is 6.07 Å². The summed E-state index contributed by atoms with van der Waals surface area (Å²) in [4.78, 5) is 9.69. The number of hydrogen-bond donors (Lipinski definition) is 1. The standard InChI is InChI=1S/C13H10ClFN2O4S/c1-8-2-4-10(5-3-8)22(20,21)16-13-11(14)6-9(17(18)19)7-12(13)15/h2-7,16H,1H3. The fourth-order valence-electron chi connectivity index (χ4n) is 1.67. The second-order valence-corrected chi connectivity index (χ2v) is 6.55. The highest BCUT2D eigenvalue weighted by Gasteiger charge is 2.21. The molecule has 22 heavy (non-hydrogen) atoms. The van der Waals surface area contributed by atoms with E-state index in [2.05, 4.69) is 0 Å². The fourth-order valence-corrected chi connectivity index (χ4v) is 3.07. The van der Waals surface area contributed by atoms with Crippen molar-refractivity contribution in [1.29, 1.82) is 0 Å². The molecule has 0 amide bonds. The van der Waals surface area contributed by atoms with Crippen LogP contribution in [0.5, 0.6) is 0 Å². The number of non-ortho nitro benzene ring substituents is 1. The van der Waals surface area contributed by atoms with Crippen molar-refractivity contribution < 1.29 is 17.7 Å². The predicted molar refractivity (Wildman–Crippen MR) is 80.1 cm³/mol. The third-order valence-electron chi connectivity index (χ3n) is 2.81. The number of benzene rings is 2. The summed E-state index contributed by atoms with van der Waals surface area (Å²) in [6, 6.07) is 7.35. The molecule has 116 valence electrons. The van der Waals surface area contributed by atoms with Crippen LogP contribution in [0.25, 0.3) is 0 Å². The molecule has 0 aliphatic heterocycles. The maximum Gasteiger partial charge on any atom is 0.274 e. The van der Waals surface area contributed by atoms with Gasteiger partial charge < -0.3 is 0 Å². The Morgan fingerprint density at radius 3 is 2.32 bits per heavy atom. The van der Waals surface area contributed by atoms with E-state index >= 15 is 0 Å². The zero-order valence-corrected chi connectivity index (χ0v) is 12.8. The van der Waals surface area contributed by atoms with E-state index in [4.69, 9.17) is 11.6 Å². The van der Waals surface area contributed by atoms with Crippen molar-refractivity contribution in [3.63, 3.8) is 0 Å². The van der Waals surface area contributed by atoms with Gasteiger partial charge in [0.1, 0.15) is 5.69 Å². The van der Waals surface area contributed by atoms with Crippen LogP contribution in [-0.2, 0) is 10.0 Å². The van der Waals surface area contributed by atoms with Gasteiger partial charge in [0.05, 0.1) is 20.9 Å². The Morgan fingerprint density at radius 1 is 1.23 bits per heavy atom. The minimum Gasteiger partial charge on any atom is -0.275 e. The van der Waals surface area contributed by atoms with Crippen molar-refractivity contribution in [3.05, 3.63) is 62.9 Å². The van der Waals surface area contributed by atoms with Crippen molar-refractivity contribution in [3.8, 4) is 0 Å². The molecule has 0 atom stereocenters. The summed E-state index contributed by atoms with van der Waals surface area (Å²) in [7, 11) is -4.05. The Balaban J connectivity index is 2.42. The molecule has 2 aromatic rings. The molecule has 0 spiro atoms. The number of aryl methyl sites for hydroxylation is 1. The second-order valence-electron chi connectivity index (χ2n) is 4.46. The number of nitro groups is 1. The number of nitro benzene ring substituents is 1. The molecule has 0 aliphatic carbocycles.